The molecule has 18 heavy (non-hydrogen) atoms. The van der Waals surface area contributed by atoms with Crippen LogP contribution in [0.1, 0.15) is 58.4 Å². The van der Waals surface area contributed by atoms with E-state index in [1.54, 1.807) is 5.56 Å². The lowest BCUT2D eigenvalue weighted by molar-refractivity contribution is 0.260. The van der Waals surface area contributed by atoms with Crippen molar-refractivity contribution in [3.05, 3.63) is 29.8 Å². The summed E-state index contributed by atoms with van der Waals surface area (Å²) in [4.78, 5) is 1.51. The summed E-state index contributed by atoms with van der Waals surface area (Å²) in [5, 5.41) is 0.670. The standard InChI is InChI=1S/C17H26S/c1-12(2)18-17-8-6-5-7-16(17)15-10-9-13(3)11-14(15)4/h5-8,12-15H,9-11H2,1-4H3. The fourth-order valence-corrected chi connectivity index (χ4v) is 4.30. The van der Waals surface area contributed by atoms with E-state index in [1.165, 1.54) is 24.2 Å². The van der Waals surface area contributed by atoms with Gasteiger partial charge in [-0.25, -0.2) is 0 Å². The fraction of sp³-hybridized carbons (Fsp3) is 0.647. The zero-order valence-electron chi connectivity index (χ0n) is 12.1. The SMILES string of the molecule is CC1CCC(c2ccccc2SC(C)C)C(C)C1. The molecule has 1 saturated carbocycles. The molecule has 0 spiro atoms. The third kappa shape index (κ3) is 3.32. The molecule has 2 rings (SSSR count). The van der Waals surface area contributed by atoms with Crippen LogP contribution in [-0.4, -0.2) is 5.25 Å². The van der Waals surface area contributed by atoms with Crippen molar-refractivity contribution in [3.8, 4) is 0 Å². The summed E-state index contributed by atoms with van der Waals surface area (Å²) in [6.07, 6.45) is 4.17. The van der Waals surface area contributed by atoms with Gasteiger partial charge in [-0.2, -0.15) is 0 Å². The number of hydrogen-bond donors (Lipinski definition) is 0. The lowest BCUT2D eigenvalue weighted by Crippen LogP contribution is -2.20. The van der Waals surface area contributed by atoms with E-state index >= 15 is 0 Å². The molecule has 1 aromatic carbocycles. The Bertz CT molecular complexity index is 383. The molecular formula is C17H26S. The highest BCUT2D eigenvalue weighted by atomic mass is 32.2. The molecule has 1 aromatic rings. The van der Waals surface area contributed by atoms with E-state index in [4.69, 9.17) is 0 Å². The normalized spacial score (nSPS) is 28.6. The van der Waals surface area contributed by atoms with Gasteiger partial charge in [0, 0.05) is 10.1 Å². The number of hydrogen-bond acceptors (Lipinski definition) is 1. The van der Waals surface area contributed by atoms with Gasteiger partial charge < -0.3 is 0 Å². The lowest BCUT2D eigenvalue weighted by atomic mass is 9.73. The van der Waals surface area contributed by atoms with E-state index in [2.05, 4.69) is 52.0 Å². The Hall–Kier alpha value is -0.430. The number of rotatable bonds is 3. The minimum absolute atomic E-state index is 0.670. The smallest absolute Gasteiger partial charge is 0.0110 e. The molecule has 0 aliphatic heterocycles. The van der Waals surface area contributed by atoms with Crippen LogP contribution in [-0.2, 0) is 0 Å². The van der Waals surface area contributed by atoms with Crippen LogP contribution < -0.4 is 0 Å². The van der Waals surface area contributed by atoms with Gasteiger partial charge in [0.2, 0.25) is 0 Å². The second-order valence-electron chi connectivity index (χ2n) is 6.21. The average Bonchev–Trinajstić information content (AvgIpc) is 2.30. The van der Waals surface area contributed by atoms with E-state index in [1.807, 2.05) is 11.8 Å². The summed E-state index contributed by atoms with van der Waals surface area (Å²) < 4.78 is 0. The van der Waals surface area contributed by atoms with Gasteiger partial charge in [0.15, 0.2) is 0 Å². The van der Waals surface area contributed by atoms with Crippen LogP contribution >= 0.6 is 11.8 Å². The minimum atomic E-state index is 0.670. The Labute approximate surface area is 117 Å². The molecule has 1 heteroatoms. The van der Waals surface area contributed by atoms with E-state index in [-0.39, 0.29) is 0 Å². The molecule has 1 fully saturated rings. The molecular weight excluding hydrogens is 236 g/mol. The molecule has 0 saturated heterocycles. The molecule has 0 bridgehead atoms. The molecule has 0 heterocycles. The average molecular weight is 262 g/mol. The molecule has 0 aromatic heterocycles. The van der Waals surface area contributed by atoms with Crippen LogP contribution in [0.15, 0.2) is 29.2 Å². The maximum atomic E-state index is 2.44. The first kappa shape index (κ1) is 14.0. The van der Waals surface area contributed by atoms with Crippen molar-refractivity contribution in [3.63, 3.8) is 0 Å². The molecule has 0 amide bonds. The maximum absolute atomic E-state index is 2.44. The topological polar surface area (TPSA) is 0 Å². The first-order valence-corrected chi connectivity index (χ1v) is 8.21. The van der Waals surface area contributed by atoms with E-state index < -0.39 is 0 Å². The second-order valence-corrected chi connectivity index (χ2v) is 7.82. The minimum Gasteiger partial charge on any atom is -0.123 e. The summed E-state index contributed by atoms with van der Waals surface area (Å²) in [5.41, 5.74) is 1.61. The summed E-state index contributed by atoms with van der Waals surface area (Å²) in [7, 11) is 0. The van der Waals surface area contributed by atoms with Crippen LogP contribution in [0.4, 0.5) is 0 Å². The third-order valence-electron chi connectivity index (χ3n) is 4.11. The van der Waals surface area contributed by atoms with Crippen LogP contribution in [0.5, 0.6) is 0 Å². The highest BCUT2D eigenvalue weighted by Gasteiger charge is 2.28. The Morgan fingerprint density at radius 2 is 1.83 bits per heavy atom. The van der Waals surface area contributed by atoms with Crippen LogP contribution in [0.3, 0.4) is 0 Å². The van der Waals surface area contributed by atoms with Crippen molar-refractivity contribution >= 4 is 11.8 Å². The summed E-state index contributed by atoms with van der Waals surface area (Å²) >= 11 is 2.02. The van der Waals surface area contributed by atoms with E-state index in [9.17, 15) is 0 Å². The fourth-order valence-electron chi connectivity index (χ4n) is 3.28. The molecule has 1 aliphatic carbocycles. The Morgan fingerprint density at radius 1 is 1.11 bits per heavy atom. The zero-order chi connectivity index (χ0) is 13.1. The number of benzene rings is 1. The van der Waals surface area contributed by atoms with Crippen molar-refractivity contribution in [1.82, 2.24) is 0 Å². The largest absolute Gasteiger partial charge is 0.123 e. The van der Waals surface area contributed by atoms with Crippen LogP contribution in [0, 0.1) is 11.8 Å². The van der Waals surface area contributed by atoms with Gasteiger partial charge in [-0.3, -0.25) is 0 Å². The molecule has 3 unspecified atom stereocenters. The second kappa shape index (κ2) is 6.14. The van der Waals surface area contributed by atoms with Crippen molar-refractivity contribution in [2.45, 2.75) is 63.0 Å². The highest BCUT2D eigenvalue weighted by molar-refractivity contribution is 8.00. The molecule has 1 aliphatic rings. The van der Waals surface area contributed by atoms with Gasteiger partial charge in [0.1, 0.15) is 0 Å². The van der Waals surface area contributed by atoms with Crippen molar-refractivity contribution < 1.29 is 0 Å². The molecule has 0 N–H and O–H groups in total. The van der Waals surface area contributed by atoms with Gasteiger partial charge >= 0.3 is 0 Å². The Kier molecular flexibility index (Phi) is 4.77. The Morgan fingerprint density at radius 3 is 2.50 bits per heavy atom. The summed E-state index contributed by atoms with van der Waals surface area (Å²) in [5.74, 6) is 2.53. The monoisotopic (exact) mass is 262 g/mol. The predicted octanol–water partition coefficient (Wildman–Crippen LogP) is 5.73. The molecule has 3 atom stereocenters. The van der Waals surface area contributed by atoms with Gasteiger partial charge in [-0.1, -0.05) is 52.3 Å². The van der Waals surface area contributed by atoms with E-state index in [0.717, 1.165) is 17.8 Å². The summed E-state index contributed by atoms with van der Waals surface area (Å²) in [6.45, 7) is 9.42. The number of thioether (sulfide) groups is 1. The lowest BCUT2D eigenvalue weighted by Gasteiger charge is -2.34. The van der Waals surface area contributed by atoms with Gasteiger partial charge in [-0.05, 0) is 42.2 Å². The first-order valence-electron chi connectivity index (χ1n) is 7.33. The predicted molar refractivity (Wildman–Crippen MR) is 82.4 cm³/mol. The van der Waals surface area contributed by atoms with Crippen LogP contribution in [0.25, 0.3) is 0 Å². The molecule has 0 radical (unpaired) electrons. The third-order valence-corrected chi connectivity index (χ3v) is 5.21. The highest BCUT2D eigenvalue weighted by Crippen LogP contribution is 2.43. The Balaban J connectivity index is 2.21. The first-order chi connectivity index (χ1) is 8.58. The van der Waals surface area contributed by atoms with Gasteiger partial charge in [-0.15, -0.1) is 11.8 Å². The quantitative estimate of drug-likeness (QED) is 0.627. The van der Waals surface area contributed by atoms with Gasteiger partial charge in [0.25, 0.3) is 0 Å². The van der Waals surface area contributed by atoms with Crippen LogP contribution in [0.2, 0.25) is 0 Å². The van der Waals surface area contributed by atoms with Crippen molar-refractivity contribution in [2.24, 2.45) is 11.8 Å². The molecule has 0 nitrogen and oxygen atoms in total. The molecule has 100 valence electrons. The van der Waals surface area contributed by atoms with E-state index in [0.29, 0.717) is 5.25 Å². The van der Waals surface area contributed by atoms with Gasteiger partial charge in [0.05, 0.1) is 0 Å². The maximum Gasteiger partial charge on any atom is 0.0110 e. The summed E-state index contributed by atoms with van der Waals surface area (Å²) in [6, 6.07) is 9.07. The van der Waals surface area contributed by atoms with Crippen molar-refractivity contribution in [2.75, 3.05) is 0 Å². The van der Waals surface area contributed by atoms with Crippen molar-refractivity contribution in [1.29, 1.82) is 0 Å². The zero-order valence-corrected chi connectivity index (χ0v) is 13.0.